The van der Waals surface area contributed by atoms with Gasteiger partial charge < -0.3 is 24.5 Å². The number of aliphatic hydroxyl groups excluding tert-OH is 1. The second kappa shape index (κ2) is 12.6. The lowest BCUT2D eigenvalue weighted by molar-refractivity contribution is -0.140. The van der Waals surface area contributed by atoms with Crippen molar-refractivity contribution in [2.75, 3.05) is 26.3 Å². The quantitative estimate of drug-likeness (QED) is 0.423. The van der Waals surface area contributed by atoms with Gasteiger partial charge in [-0.15, -0.1) is 0 Å². The van der Waals surface area contributed by atoms with Gasteiger partial charge in [0.1, 0.15) is 5.52 Å². The predicted octanol–water partition coefficient (Wildman–Crippen LogP) is 3.64. The number of fused-ring (bicyclic) bond motifs is 1. The smallest absolute Gasteiger partial charge is 0.226 e. The molecule has 0 aliphatic carbocycles. The van der Waals surface area contributed by atoms with Crippen molar-refractivity contribution in [3.8, 4) is 0 Å². The normalized spacial score (nSPS) is 16.4. The van der Waals surface area contributed by atoms with Crippen molar-refractivity contribution < 1.29 is 23.8 Å². The average molecular weight is 494 g/mol. The molecule has 2 aromatic carbocycles. The minimum absolute atomic E-state index is 0.0364. The number of hydrogen-bond donors (Lipinski definition) is 2. The first-order valence-corrected chi connectivity index (χ1v) is 12.8. The maximum absolute atomic E-state index is 13.4. The first kappa shape index (κ1) is 25.9. The largest absolute Gasteiger partial charge is 0.438 e. The number of amides is 2. The highest BCUT2D eigenvalue weighted by atomic mass is 16.5. The summed E-state index contributed by atoms with van der Waals surface area (Å²) in [5.41, 5.74) is 2.44. The van der Waals surface area contributed by atoms with Gasteiger partial charge in [0.15, 0.2) is 11.7 Å². The summed E-state index contributed by atoms with van der Waals surface area (Å²) in [4.78, 5) is 32.5. The van der Waals surface area contributed by atoms with Crippen molar-refractivity contribution in [1.29, 1.82) is 0 Å². The second-order valence-corrected chi connectivity index (χ2v) is 9.26. The predicted molar refractivity (Wildman–Crippen MR) is 136 cm³/mol. The Hall–Kier alpha value is -3.23. The molecule has 0 spiro atoms. The van der Waals surface area contributed by atoms with Crippen LogP contribution >= 0.6 is 0 Å². The minimum Gasteiger partial charge on any atom is -0.438 e. The fourth-order valence-electron chi connectivity index (χ4n) is 4.57. The van der Waals surface area contributed by atoms with Crippen LogP contribution in [0.2, 0.25) is 0 Å². The zero-order valence-corrected chi connectivity index (χ0v) is 20.8. The van der Waals surface area contributed by atoms with Crippen LogP contribution in [-0.2, 0) is 20.7 Å². The summed E-state index contributed by atoms with van der Waals surface area (Å²) in [5, 5.41) is 13.9. The molecular formula is C28H35N3O5. The third-order valence-electron chi connectivity index (χ3n) is 6.73. The summed E-state index contributed by atoms with van der Waals surface area (Å²) in [6.07, 6.45) is 1.72. The molecule has 3 aromatic rings. The number of hydrogen-bond acceptors (Lipinski definition) is 6. The number of aryl methyl sites for hydroxylation is 1. The Labute approximate surface area is 211 Å². The van der Waals surface area contributed by atoms with Gasteiger partial charge >= 0.3 is 0 Å². The van der Waals surface area contributed by atoms with Crippen molar-refractivity contribution in [2.45, 2.75) is 51.2 Å². The Balaban J connectivity index is 1.42. The lowest BCUT2D eigenvalue weighted by Crippen LogP contribution is -2.45. The fourth-order valence-corrected chi connectivity index (χ4v) is 4.57. The fraction of sp³-hybridized carbons (Fsp3) is 0.464. The molecule has 4 rings (SSSR count). The topological polar surface area (TPSA) is 105 Å². The molecule has 36 heavy (non-hydrogen) atoms. The third kappa shape index (κ3) is 6.71. The molecule has 1 aliphatic heterocycles. The van der Waals surface area contributed by atoms with E-state index in [1.165, 1.54) is 5.56 Å². The zero-order valence-electron chi connectivity index (χ0n) is 20.8. The van der Waals surface area contributed by atoms with Crippen LogP contribution in [-0.4, -0.2) is 59.1 Å². The van der Waals surface area contributed by atoms with E-state index in [2.05, 4.69) is 22.4 Å². The molecule has 3 unspecified atom stereocenters. The number of nitrogens with one attached hydrogen (secondary N) is 1. The van der Waals surface area contributed by atoms with E-state index in [4.69, 9.17) is 9.15 Å². The molecule has 192 valence electrons. The molecular weight excluding hydrogens is 458 g/mol. The molecule has 1 aromatic heterocycles. The number of nitrogens with zero attached hydrogens (tertiary/aromatic N) is 2. The monoisotopic (exact) mass is 493 g/mol. The number of rotatable bonds is 11. The molecule has 1 fully saturated rings. The SMILES string of the molecule is CCC(NC(=O)C(CCCc1ccccc1)CC(=O)N1CCOCC1)C(O)c1nc2ccccc2o1. The highest BCUT2D eigenvalue weighted by Gasteiger charge is 2.30. The van der Waals surface area contributed by atoms with Gasteiger partial charge in [-0.3, -0.25) is 9.59 Å². The van der Waals surface area contributed by atoms with E-state index in [9.17, 15) is 14.7 Å². The van der Waals surface area contributed by atoms with E-state index in [1.54, 1.807) is 11.0 Å². The number of aliphatic hydroxyl groups is 1. The van der Waals surface area contributed by atoms with Gasteiger partial charge in [0, 0.05) is 25.4 Å². The number of morpholine rings is 1. The number of oxazole rings is 1. The summed E-state index contributed by atoms with van der Waals surface area (Å²) in [6.45, 7) is 4.02. The summed E-state index contributed by atoms with van der Waals surface area (Å²) >= 11 is 0. The third-order valence-corrected chi connectivity index (χ3v) is 6.73. The van der Waals surface area contributed by atoms with Crippen LogP contribution in [0.25, 0.3) is 11.1 Å². The Morgan fingerprint density at radius 3 is 2.53 bits per heavy atom. The molecule has 8 heteroatoms. The summed E-state index contributed by atoms with van der Waals surface area (Å²) in [7, 11) is 0. The van der Waals surface area contributed by atoms with Gasteiger partial charge in [-0.2, -0.15) is 0 Å². The zero-order chi connectivity index (χ0) is 25.3. The van der Waals surface area contributed by atoms with Crippen molar-refractivity contribution in [1.82, 2.24) is 15.2 Å². The summed E-state index contributed by atoms with van der Waals surface area (Å²) < 4.78 is 11.1. The average Bonchev–Trinajstić information content (AvgIpc) is 3.36. The number of benzene rings is 2. The van der Waals surface area contributed by atoms with Crippen molar-refractivity contribution in [3.63, 3.8) is 0 Å². The Kier molecular flexibility index (Phi) is 9.08. The lowest BCUT2D eigenvalue weighted by Gasteiger charge is -2.29. The molecule has 2 amide bonds. The van der Waals surface area contributed by atoms with Gasteiger partial charge in [-0.05, 0) is 43.4 Å². The Bertz CT molecular complexity index is 1090. The van der Waals surface area contributed by atoms with Crippen LogP contribution in [0.1, 0.15) is 50.2 Å². The first-order valence-electron chi connectivity index (χ1n) is 12.8. The molecule has 2 N–H and O–H groups in total. The molecule has 1 saturated heterocycles. The Morgan fingerprint density at radius 1 is 1.08 bits per heavy atom. The van der Waals surface area contributed by atoms with Crippen molar-refractivity contribution in [2.24, 2.45) is 5.92 Å². The van der Waals surface area contributed by atoms with Gasteiger partial charge in [0.05, 0.1) is 19.3 Å². The Morgan fingerprint density at radius 2 is 1.81 bits per heavy atom. The van der Waals surface area contributed by atoms with Crippen LogP contribution in [0, 0.1) is 5.92 Å². The van der Waals surface area contributed by atoms with Crippen LogP contribution in [0.15, 0.2) is 59.0 Å². The van der Waals surface area contributed by atoms with E-state index in [1.807, 2.05) is 43.3 Å². The highest BCUT2D eigenvalue weighted by Crippen LogP contribution is 2.24. The minimum atomic E-state index is -1.09. The molecule has 8 nitrogen and oxygen atoms in total. The van der Waals surface area contributed by atoms with Crippen LogP contribution in [0.4, 0.5) is 0 Å². The van der Waals surface area contributed by atoms with E-state index in [0.717, 1.165) is 12.8 Å². The van der Waals surface area contributed by atoms with E-state index < -0.39 is 18.1 Å². The first-order chi connectivity index (χ1) is 17.5. The van der Waals surface area contributed by atoms with Gasteiger partial charge in [0.2, 0.25) is 17.7 Å². The van der Waals surface area contributed by atoms with Gasteiger partial charge in [-0.25, -0.2) is 4.98 Å². The number of para-hydroxylation sites is 2. The van der Waals surface area contributed by atoms with Crippen molar-refractivity contribution >= 4 is 22.9 Å². The molecule has 0 radical (unpaired) electrons. The van der Waals surface area contributed by atoms with Crippen LogP contribution in [0.5, 0.6) is 0 Å². The molecule has 0 bridgehead atoms. The lowest BCUT2D eigenvalue weighted by atomic mass is 9.94. The van der Waals surface area contributed by atoms with Crippen molar-refractivity contribution in [3.05, 3.63) is 66.1 Å². The molecule has 2 heterocycles. The van der Waals surface area contributed by atoms with Gasteiger partial charge in [-0.1, -0.05) is 49.4 Å². The van der Waals surface area contributed by atoms with E-state index in [0.29, 0.717) is 50.2 Å². The summed E-state index contributed by atoms with van der Waals surface area (Å²) in [5.74, 6) is -0.584. The van der Waals surface area contributed by atoms with E-state index >= 15 is 0 Å². The molecule has 3 atom stereocenters. The number of ether oxygens (including phenoxy) is 1. The summed E-state index contributed by atoms with van der Waals surface area (Å²) in [6, 6.07) is 16.8. The number of aromatic nitrogens is 1. The standard InChI is InChI=1S/C28H35N3O5/c1-2-22(26(33)28-30-23-13-6-7-14-24(23)36-28)29-27(34)21(12-8-11-20-9-4-3-5-10-20)19-25(32)31-15-17-35-18-16-31/h3-7,9-10,13-14,21-22,26,33H,2,8,11-12,15-19H2,1H3,(H,29,34). The maximum Gasteiger partial charge on any atom is 0.226 e. The molecule has 1 aliphatic rings. The number of carbonyl (C=O) groups excluding carboxylic acids is 2. The maximum atomic E-state index is 13.4. The molecule has 0 saturated carbocycles. The van der Waals surface area contributed by atoms with Crippen LogP contribution < -0.4 is 5.32 Å². The van der Waals surface area contributed by atoms with Gasteiger partial charge in [0.25, 0.3) is 0 Å². The highest BCUT2D eigenvalue weighted by molar-refractivity contribution is 5.86. The van der Waals surface area contributed by atoms with E-state index in [-0.39, 0.29) is 24.1 Å². The number of carbonyl (C=O) groups is 2. The second-order valence-electron chi connectivity index (χ2n) is 9.26. The van der Waals surface area contributed by atoms with Crippen LogP contribution in [0.3, 0.4) is 0 Å².